The number of hydrogen-bond donors (Lipinski definition) is 2. The number of carboxylic acids is 1. The summed E-state index contributed by atoms with van der Waals surface area (Å²) in [5.41, 5.74) is -0.972. The van der Waals surface area contributed by atoms with Crippen LogP contribution in [0.4, 0.5) is 0 Å². The highest BCUT2D eigenvalue weighted by Crippen LogP contribution is 2.31. The van der Waals surface area contributed by atoms with Crippen LogP contribution in [0.2, 0.25) is 0 Å². The van der Waals surface area contributed by atoms with E-state index in [0.717, 1.165) is 32.4 Å². The summed E-state index contributed by atoms with van der Waals surface area (Å²) in [6.45, 7) is 2.25. The van der Waals surface area contributed by atoms with Gasteiger partial charge in [-0.15, -0.1) is 0 Å². The van der Waals surface area contributed by atoms with Gasteiger partial charge in [-0.1, -0.05) is 19.3 Å². The summed E-state index contributed by atoms with van der Waals surface area (Å²) in [6.07, 6.45) is 8.05. The molecule has 0 aromatic heterocycles. The Balaban J connectivity index is 1.81. The van der Waals surface area contributed by atoms with Crippen molar-refractivity contribution < 1.29 is 14.7 Å². The second kappa shape index (κ2) is 6.37. The Kier molecular flexibility index (Phi) is 4.80. The summed E-state index contributed by atoms with van der Waals surface area (Å²) >= 11 is 0. The molecule has 0 atom stereocenters. The molecule has 5 nitrogen and oxygen atoms in total. The molecule has 0 bridgehead atoms. The fraction of sp³-hybridized carbons (Fsp3) is 0.857. The summed E-state index contributed by atoms with van der Waals surface area (Å²) in [5.74, 6) is -1.03. The third-order valence-corrected chi connectivity index (χ3v) is 4.31. The van der Waals surface area contributed by atoms with Crippen LogP contribution in [-0.4, -0.2) is 47.1 Å². The van der Waals surface area contributed by atoms with E-state index in [1.807, 2.05) is 0 Å². The van der Waals surface area contributed by atoms with Crippen LogP contribution >= 0.6 is 0 Å². The van der Waals surface area contributed by atoms with Crippen molar-refractivity contribution in [3.8, 4) is 0 Å². The molecule has 108 valence electrons. The Morgan fingerprint density at radius 2 is 1.58 bits per heavy atom. The zero-order chi connectivity index (χ0) is 13.7. The topological polar surface area (TPSA) is 69.6 Å². The summed E-state index contributed by atoms with van der Waals surface area (Å²) in [5, 5.41) is 11.9. The van der Waals surface area contributed by atoms with Crippen LogP contribution in [0.3, 0.4) is 0 Å². The molecular formula is C14H24N2O3. The molecule has 1 saturated carbocycles. The second-order valence-corrected chi connectivity index (χ2v) is 5.83. The van der Waals surface area contributed by atoms with Gasteiger partial charge in [0.15, 0.2) is 0 Å². The van der Waals surface area contributed by atoms with Gasteiger partial charge >= 0.3 is 5.97 Å². The van der Waals surface area contributed by atoms with Gasteiger partial charge in [0, 0.05) is 0 Å². The molecule has 0 aromatic carbocycles. The van der Waals surface area contributed by atoms with Gasteiger partial charge in [-0.05, 0) is 45.2 Å². The molecule has 0 radical (unpaired) electrons. The van der Waals surface area contributed by atoms with Crippen molar-refractivity contribution in [2.75, 3.05) is 19.6 Å². The molecule has 2 fully saturated rings. The van der Waals surface area contributed by atoms with Crippen molar-refractivity contribution in [2.45, 2.75) is 56.9 Å². The van der Waals surface area contributed by atoms with Gasteiger partial charge in [0.1, 0.15) is 5.54 Å². The third-order valence-electron chi connectivity index (χ3n) is 4.31. The fourth-order valence-corrected chi connectivity index (χ4v) is 2.90. The highest BCUT2D eigenvalue weighted by atomic mass is 16.4. The smallest absolute Gasteiger partial charge is 0.329 e. The molecule has 1 heterocycles. The minimum Gasteiger partial charge on any atom is -0.480 e. The van der Waals surface area contributed by atoms with Gasteiger partial charge in [-0.3, -0.25) is 9.69 Å². The van der Waals surface area contributed by atoms with Gasteiger partial charge in [-0.2, -0.15) is 0 Å². The molecule has 19 heavy (non-hydrogen) atoms. The number of amides is 1. The van der Waals surface area contributed by atoms with E-state index in [9.17, 15) is 14.7 Å². The normalized spacial score (nSPS) is 23.8. The summed E-state index contributed by atoms with van der Waals surface area (Å²) in [4.78, 5) is 25.4. The van der Waals surface area contributed by atoms with Gasteiger partial charge in [0.25, 0.3) is 0 Å². The van der Waals surface area contributed by atoms with Gasteiger partial charge in [-0.25, -0.2) is 4.79 Å². The van der Waals surface area contributed by atoms with Crippen LogP contribution in [0.5, 0.6) is 0 Å². The SMILES string of the molecule is O=C(CN1CCCCCCC1)NC1(C(=O)O)CCC1. The van der Waals surface area contributed by atoms with Crippen LogP contribution < -0.4 is 5.32 Å². The highest BCUT2D eigenvalue weighted by molar-refractivity contribution is 5.88. The number of carboxylic acid groups (broad SMARTS) is 1. The quantitative estimate of drug-likeness (QED) is 0.808. The predicted molar refractivity (Wildman–Crippen MR) is 71.9 cm³/mol. The lowest BCUT2D eigenvalue weighted by atomic mass is 9.77. The number of rotatable bonds is 4. The maximum Gasteiger partial charge on any atom is 0.329 e. The van der Waals surface area contributed by atoms with Crippen molar-refractivity contribution in [1.29, 1.82) is 0 Å². The molecule has 2 aliphatic rings. The van der Waals surface area contributed by atoms with E-state index in [2.05, 4.69) is 10.2 Å². The number of nitrogens with one attached hydrogen (secondary N) is 1. The Hall–Kier alpha value is -1.10. The average molecular weight is 268 g/mol. The number of aliphatic carboxylic acids is 1. The van der Waals surface area contributed by atoms with E-state index in [0.29, 0.717) is 19.4 Å². The van der Waals surface area contributed by atoms with E-state index in [-0.39, 0.29) is 5.91 Å². The van der Waals surface area contributed by atoms with E-state index >= 15 is 0 Å². The zero-order valence-corrected chi connectivity index (χ0v) is 11.5. The first-order valence-corrected chi connectivity index (χ1v) is 7.39. The molecule has 1 saturated heterocycles. The summed E-state index contributed by atoms with van der Waals surface area (Å²) in [7, 11) is 0. The predicted octanol–water partition coefficient (Wildman–Crippen LogP) is 1.38. The first-order chi connectivity index (χ1) is 9.12. The minimum atomic E-state index is -0.972. The number of likely N-dealkylation sites (tertiary alicyclic amines) is 1. The van der Waals surface area contributed by atoms with Gasteiger partial charge in [0.05, 0.1) is 6.54 Å². The van der Waals surface area contributed by atoms with Crippen molar-refractivity contribution in [2.24, 2.45) is 0 Å². The number of nitrogens with zero attached hydrogens (tertiary/aromatic N) is 1. The molecular weight excluding hydrogens is 244 g/mol. The lowest BCUT2D eigenvalue weighted by Crippen LogP contribution is -2.60. The number of hydrogen-bond acceptors (Lipinski definition) is 3. The first-order valence-electron chi connectivity index (χ1n) is 7.39. The minimum absolute atomic E-state index is 0.136. The molecule has 1 aliphatic heterocycles. The lowest BCUT2D eigenvalue weighted by molar-refractivity contribution is -0.152. The van der Waals surface area contributed by atoms with Crippen molar-refractivity contribution in [3.63, 3.8) is 0 Å². The van der Waals surface area contributed by atoms with Crippen LogP contribution in [0.25, 0.3) is 0 Å². The van der Waals surface area contributed by atoms with Crippen LogP contribution in [0.15, 0.2) is 0 Å². The van der Waals surface area contributed by atoms with Crippen LogP contribution in [-0.2, 0) is 9.59 Å². The highest BCUT2D eigenvalue weighted by Gasteiger charge is 2.45. The molecule has 1 amide bonds. The van der Waals surface area contributed by atoms with E-state index in [1.165, 1.54) is 19.3 Å². The van der Waals surface area contributed by atoms with Crippen LogP contribution in [0, 0.1) is 0 Å². The van der Waals surface area contributed by atoms with Crippen LogP contribution in [0.1, 0.15) is 51.4 Å². The van der Waals surface area contributed by atoms with E-state index in [1.54, 1.807) is 0 Å². The first kappa shape index (κ1) is 14.3. The van der Waals surface area contributed by atoms with E-state index < -0.39 is 11.5 Å². The maximum atomic E-state index is 12.0. The van der Waals surface area contributed by atoms with Crippen molar-refractivity contribution in [3.05, 3.63) is 0 Å². The maximum absolute atomic E-state index is 12.0. The Bertz CT molecular complexity index is 332. The van der Waals surface area contributed by atoms with Crippen molar-refractivity contribution in [1.82, 2.24) is 10.2 Å². The second-order valence-electron chi connectivity index (χ2n) is 5.83. The molecule has 0 aromatic rings. The molecule has 2 N–H and O–H groups in total. The number of carbonyl (C=O) groups is 2. The third kappa shape index (κ3) is 3.69. The summed E-state index contributed by atoms with van der Waals surface area (Å²) < 4.78 is 0. The lowest BCUT2D eigenvalue weighted by Gasteiger charge is -2.38. The monoisotopic (exact) mass is 268 g/mol. The summed E-state index contributed by atoms with van der Waals surface area (Å²) in [6, 6.07) is 0. The molecule has 1 aliphatic carbocycles. The Morgan fingerprint density at radius 1 is 1.00 bits per heavy atom. The average Bonchev–Trinajstić information content (AvgIpc) is 2.26. The van der Waals surface area contributed by atoms with E-state index in [4.69, 9.17) is 0 Å². The van der Waals surface area contributed by atoms with Gasteiger partial charge < -0.3 is 10.4 Å². The number of carbonyl (C=O) groups excluding carboxylic acids is 1. The van der Waals surface area contributed by atoms with Gasteiger partial charge in [0.2, 0.25) is 5.91 Å². The largest absolute Gasteiger partial charge is 0.480 e. The van der Waals surface area contributed by atoms with Crippen molar-refractivity contribution >= 4 is 11.9 Å². The standard InChI is InChI=1S/C14H24N2O3/c17-12(15-14(13(18)19)7-6-8-14)11-16-9-4-2-1-3-5-10-16/h1-11H2,(H,15,17)(H,18,19). The molecule has 0 unspecified atom stereocenters. The fourth-order valence-electron chi connectivity index (χ4n) is 2.90. The molecule has 0 spiro atoms. The Labute approximate surface area is 114 Å². The zero-order valence-electron chi connectivity index (χ0n) is 11.5. The molecule has 5 heteroatoms. The Morgan fingerprint density at radius 3 is 2.05 bits per heavy atom. The molecule has 2 rings (SSSR count).